The van der Waals surface area contributed by atoms with Crippen LogP contribution in [0.25, 0.3) is 11.3 Å². The molecule has 0 unspecified atom stereocenters. The Kier molecular flexibility index (Phi) is 2.03. The molecule has 0 atom stereocenters. The highest BCUT2D eigenvalue weighted by atomic mass is 16.5. The highest BCUT2D eigenvalue weighted by Gasteiger charge is 2.20. The van der Waals surface area contributed by atoms with Crippen molar-refractivity contribution in [1.82, 2.24) is 14.8 Å². The minimum atomic E-state index is -0.511. The summed E-state index contributed by atoms with van der Waals surface area (Å²) in [4.78, 5) is 22.7. The van der Waals surface area contributed by atoms with Crippen molar-refractivity contribution in [3.8, 4) is 11.3 Å². The van der Waals surface area contributed by atoms with E-state index in [0.717, 1.165) is 0 Å². The molecule has 2 rings (SSSR count). The zero-order valence-corrected chi connectivity index (χ0v) is 8.27. The molecule has 0 bridgehead atoms. The fraction of sp³-hybridized carbons (Fsp3) is 0.222. The van der Waals surface area contributed by atoms with E-state index in [2.05, 4.69) is 14.9 Å². The average Bonchev–Trinajstić information content (AvgIpc) is 2.58. The monoisotopic (exact) mass is 207 g/mol. The molecule has 0 aromatic heterocycles. The van der Waals surface area contributed by atoms with Crippen molar-refractivity contribution in [2.75, 3.05) is 7.11 Å². The summed E-state index contributed by atoms with van der Waals surface area (Å²) in [5, 5.41) is 6.07. The van der Waals surface area contributed by atoms with Crippen LogP contribution in [0.1, 0.15) is 10.4 Å². The number of aromatic amines is 1. The molecule has 0 saturated carbocycles. The molecule has 0 fully saturated rings. The molecule has 0 aromatic rings. The third kappa shape index (κ3) is 1.39. The number of fused-ring (bicyclic) bond motifs is 1. The number of carbonyl (C=O) groups excluding carboxylic acids is 1. The van der Waals surface area contributed by atoms with E-state index < -0.39 is 5.97 Å². The van der Waals surface area contributed by atoms with Gasteiger partial charge in [-0.05, 0) is 0 Å². The fourth-order valence-corrected chi connectivity index (χ4v) is 1.42. The summed E-state index contributed by atoms with van der Waals surface area (Å²) in [6, 6.07) is 0. The topological polar surface area (TPSA) is 77.0 Å². The van der Waals surface area contributed by atoms with Gasteiger partial charge in [-0.1, -0.05) is 0 Å². The Balaban J connectivity index is 2.74. The van der Waals surface area contributed by atoms with Crippen molar-refractivity contribution in [2.45, 2.75) is 0 Å². The van der Waals surface area contributed by atoms with E-state index in [1.807, 2.05) is 0 Å². The summed E-state index contributed by atoms with van der Waals surface area (Å²) in [5.41, 5.74) is 0.674. The largest absolute Gasteiger partial charge is 0.465 e. The maximum absolute atomic E-state index is 11.4. The lowest BCUT2D eigenvalue weighted by atomic mass is 10.1. The lowest BCUT2D eigenvalue weighted by Crippen LogP contribution is -2.10. The van der Waals surface area contributed by atoms with Gasteiger partial charge in [0.15, 0.2) is 0 Å². The molecule has 0 radical (unpaired) electrons. The predicted molar refractivity (Wildman–Crippen MR) is 51.8 cm³/mol. The number of ether oxygens (including phenoxy) is 1. The van der Waals surface area contributed by atoms with E-state index in [9.17, 15) is 9.59 Å². The summed E-state index contributed by atoms with van der Waals surface area (Å²) in [6.45, 7) is 0. The third-order valence-corrected chi connectivity index (χ3v) is 2.09. The van der Waals surface area contributed by atoms with Crippen LogP contribution in [0.4, 0.5) is 0 Å². The SMILES string of the molecule is COC(=O)c1cn(C)cc2c(=O)[nH]nc1-2. The van der Waals surface area contributed by atoms with Crippen LogP contribution in [-0.2, 0) is 11.8 Å². The molecule has 0 spiro atoms. The Morgan fingerprint density at radius 3 is 2.93 bits per heavy atom. The first-order valence-corrected chi connectivity index (χ1v) is 4.26. The molecule has 0 amide bonds. The van der Waals surface area contributed by atoms with Gasteiger partial charge in [0.25, 0.3) is 5.56 Å². The molecule has 78 valence electrons. The first kappa shape index (κ1) is 9.45. The van der Waals surface area contributed by atoms with Crippen molar-refractivity contribution in [2.24, 2.45) is 7.05 Å². The lowest BCUT2D eigenvalue weighted by Gasteiger charge is -2.06. The molecule has 6 heteroatoms. The number of pyridine rings is 1. The van der Waals surface area contributed by atoms with Crippen LogP contribution < -0.4 is 5.56 Å². The van der Waals surface area contributed by atoms with E-state index in [1.165, 1.54) is 7.11 Å². The number of nitrogens with zero attached hydrogens (tertiary/aromatic N) is 2. The number of aryl methyl sites for hydroxylation is 1. The molecular formula is C9H9N3O3. The first-order chi connectivity index (χ1) is 7.13. The highest BCUT2D eigenvalue weighted by Crippen LogP contribution is 2.19. The number of methoxy groups -OCH3 is 1. The maximum atomic E-state index is 11.4. The summed E-state index contributed by atoms with van der Waals surface area (Å²) < 4.78 is 6.22. The first-order valence-electron chi connectivity index (χ1n) is 4.26. The Labute approximate surface area is 84.8 Å². The quantitative estimate of drug-likeness (QED) is 0.668. The zero-order chi connectivity index (χ0) is 11.0. The molecule has 2 heterocycles. The minimum Gasteiger partial charge on any atom is -0.465 e. The number of hydrogen-bond donors (Lipinski definition) is 1. The van der Waals surface area contributed by atoms with Gasteiger partial charge in [0, 0.05) is 19.4 Å². The van der Waals surface area contributed by atoms with Crippen LogP contribution in [0.2, 0.25) is 0 Å². The summed E-state index contributed by atoms with van der Waals surface area (Å²) >= 11 is 0. The average molecular weight is 207 g/mol. The summed E-state index contributed by atoms with van der Waals surface area (Å²) in [6.07, 6.45) is 3.17. The highest BCUT2D eigenvalue weighted by molar-refractivity contribution is 5.95. The lowest BCUT2D eigenvalue weighted by molar-refractivity contribution is 0.0600. The number of aromatic nitrogens is 3. The molecule has 0 aromatic carbocycles. The smallest absolute Gasteiger partial charge is 0.341 e. The number of hydrogen-bond acceptors (Lipinski definition) is 4. The molecule has 0 aliphatic carbocycles. The van der Waals surface area contributed by atoms with Gasteiger partial charge in [-0.15, -0.1) is 0 Å². The Morgan fingerprint density at radius 1 is 1.53 bits per heavy atom. The number of nitrogens with one attached hydrogen (secondary N) is 1. The van der Waals surface area contributed by atoms with Crippen LogP contribution in [0.3, 0.4) is 0 Å². The van der Waals surface area contributed by atoms with Crippen LogP contribution in [0.5, 0.6) is 0 Å². The van der Waals surface area contributed by atoms with E-state index in [1.54, 1.807) is 24.0 Å². The van der Waals surface area contributed by atoms with Crippen LogP contribution in [-0.4, -0.2) is 27.8 Å². The minimum absolute atomic E-state index is 0.274. The number of rotatable bonds is 1. The van der Waals surface area contributed by atoms with Gasteiger partial charge in [-0.2, -0.15) is 5.10 Å². The predicted octanol–water partition coefficient (Wildman–Crippen LogP) is -0.000200. The molecule has 6 nitrogen and oxygen atoms in total. The molecule has 15 heavy (non-hydrogen) atoms. The fourth-order valence-electron chi connectivity index (χ4n) is 1.42. The van der Waals surface area contributed by atoms with Gasteiger partial charge in [-0.3, -0.25) is 4.79 Å². The van der Waals surface area contributed by atoms with Crippen LogP contribution in [0.15, 0.2) is 17.2 Å². The zero-order valence-electron chi connectivity index (χ0n) is 8.27. The second-order valence-electron chi connectivity index (χ2n) is 3.14. The van der Waals surface area contributed by atoms with Gasteiger partial charge in [-0.25, -0.2) is 9.89 Å². The van der Waals surface area contributed by atoms with Crippen molar-refractivity contribution >= 4 is 5.97 Å². The normalized spacial score (nSPS) is 10.5. The van der Waals surface area contributed by atoms with E-state index in [4.69, 9.17) is 0 Å². The van der Waals surface area contributed by atoms with Gasteiger partial charge in [0.2, 0.25) is 0 Å². The summed E-state index contributed by atoms with van der Waals surface area (Å²) in [7, 11) is 3.00. The standard InChI is InChI=1S/C9H9N3O3/c1-12-3-5-7(10-11-8(5)13)6(4-12)9(14)15-2/h3-4H,1-2H3,(H,11,13). The van der Waals surface area contributed by atoms with E-state index in [0.29, 0.717) is 11.3 Å². The second kappa shape index (κ2) is 3.23. The van der Waals surface area contributed by atoms with Crippen molar-refractivity contribution in [3.05, 3.63) is 28.3 Å². The van der Waals surface area contributed by atoms with E-state index in [-0.39, 0.29) is 11.1 Å². The van der Waals surface area contributed by atoms with E-state index >= 15 is 0 Å². The Hall–Kier alpha value is -2.11. The Morgan fingerprint density at radius 2 is 2.27 bits per heavy atom. The van der Waals surface area contributed by atoms with Crippen LogP contribution in [0, 0.1) is 0 Å². The molecule has 2 aliphatic heterocycles. The molecule has 1 N–H and O–H groups in total. The summed E-state index contributed by atoms with van der Waals surface area (Å²) in [5.74, 6) is -0.511. The molecular weight excluding hydrogens is 198 g/mol. The van der Waals surface area contributed by atoms with Gasteiger partial charge >= 0.3 is 5.97 Å². The Bertz CT molecular complexity index is 540. The van der Waals surface area contributed by atoms with Crippen molar-refractivity contribution in [3.63, 3.8) is 0 Å². The molecule has 0 saturated heterocycles. The number of H-pyrrole nitrogens is 1. The number of carbonyl (C=O) groups is 1. The van der Waals surface area contributed by atoms with Gasteiger partial charge < -0.3 is 9.30 Å². The second-order valence-corrected chi connectivity index (χ2v) is 3.14. The maximum Gasteiger partial charge on any atom is 0.341 e. The third-order valence-electron chi connectivity index (χ3n) is 2.09. The van der Waals surface area contributed by atoms with Crippen molar-refractivity contribution in [1.29, 1.82) is 0 Å². The van der Waals surface area contributed by atoms with Gasteiger partial charge in [0.05, 0.1) is 12.7 Å². The van der Waals surface area contributed by atoms with Crippen molar-refractivity contribution < 1.29 is 9.53 Å². The molecule has 2 aliphatic rings. The van der Waals surface area contributed by atoms with Crippen LogP contribution >= 0.6 is 0 Å². The van der Waals surface area contributed by atoms with Gasteiger partial charge in [0.1, 0.15) is 11.3 Å². The number of esters is 1.